The van der Waals surface area contributed by atoms with Crippen LogP contribution in [-0.4, -0.2) is 221 Å². The van der Waals surface area contributed by atoms with Crippen molar-refractivity contribution in [3.05, 3.63) is 117 Å². The third kappa shape index (κ3) is 22.0. The lowest BCUT2D eigenvalue weighted by atomic mass is 9.85. The molecule has 22 N–H and O–H groups in total. The first-order chi connectivity index (χ1) is 56.3. The Morgan fingerprint density at radius 2 is 1.31 bits per heavy atom. The van der Waals surface area contributed by atoms with E-state index in [1.54, 1.807) is 13.8 Å². The second-order valence-corrected chi connectivity index (χ2v) is 31.6. The third-order valence-electron chi connectivity index (χ3n) is 21.4. The average molecular weight is 1690 g/mol. The molecule has 7 aliphatic rings. The van der Waals surface area contributed by atoms with Gasteiger partial charge in [0.15, 0.2) is 23.9 Å². The Morgan fingerprint density at radius 3 is 1.93 bits per heavy atom. The number of methoxy groups -OCH3 is 1. The number of carbonyl (C=O) groups excluding carboxylic acids is 8. The van der Waals surface area contributed by atoms with E-state index >= 15 is 24.0 Å². The van der Waals surface area contributed by atoms with Crippen LogP contribution >= 0.6 is 23.2 Å². The number of fused-ring (bicyclic) bond motifs is 15. The van der Waals surface area contributed by atoms with Crippen LogP contribution in [0.15, 0.2) is 78.9 Å². The van der Waals surface area contributed by atoms with Gasteiger partial charge in [-0.05, 0) is 129 Å². The van der Waals surface area contributed by atoms with Crippen LogP contribution in [0.3, 0.4) is 0 Å². The Labute approximate surface area is 691 Å². The summed E-state index contributed by atoms with van der Waals surface area (Å²) in [6, 6.07) is 0.740. The summed E-state index contributed by atoms with van der Waals surface area (Å²) in [5.74, 6) is -14.3. The number of phenols is 3. The molecule has 0 aliphatic carbocycles. The summed E-state index contributed by atoms with van der Waals surface area (Å²) >= 11 is 14.4. The summed E-state index contributed by atoms with van der Waals surface area (Å²) < 4.78 is 45.0. The van der Waals surface area contributed by atoms with Crippen molar-refractivity contribution in [3.63, 3.8) is 0 Å². The van der Waals surface area contributed by atoms with Gasteiger partial charge in [0.1, 0.15) is 95.5 Å². The molecule has 118 heavy (non-hydrogen) atoms. The maximum atomic E-state index is 16.3. The van der Waals surface area contributed by atoms with Crippen molar-refractivity contribution in [3.8, 4) is 57.1 Å². The van der Waals surface area contributed by atoms with Gasteiger partial charge in [0, 0.05) is 62.4 Å². The highest BCUT2D eigenvalue weighted by Crippen LogP contribution is 2.50. The van der Waals surface area contributed by atoms with Gasteiger partial charge < -0.3 is 139 Å². The second-order valence-electron chi connectivity index (χ2n) is 30.8. The molecule has 0 spiro atoms. The number of hydrogen-bond donors (Lipinski definition) is 20. The minimum atomic E-state index is -2.32. The predicted molar refractivity (Wildman–Crippen MR) is 428 cm³/mol. The van der Waals surface area contributed by atoms with Gasteiger partial charge in [0.2, 0.25) is 59.3 Å². The number of nitrogens with one attached hydrogen (secondary N) is 10. The Hall–Kier alpha value is -9.28. The number of hydrogen-bond acceptors (Lipinski definition) is 27. The van der Waals surface area contributed by atoms with Crippen molar-refractivity contribution in [1.29, 1.82) is 0 Å². The fourth-order valence-electron chi connectivity index (χ4n) is 15.0. The van der Waals surface area contributed by atoms with Gasteiger partial charge in [-0.1, -0.05) is 107 Å². The fourth-order valence-corrected chi connectivity index (χ4v) is 15.5. The van der Waals surface area contributed by atoms with Crippen LogP contribution in [0.5, 0.6) is 46.0 Å². The average Bonchev–Trinajstić information content (AvgIpc) is 0.771. The number of amides is 8. The number of carbonyl (C=O) groups is 8. The maximum Gasteiger partial charge on any atom is 0.248 e. The maximum absolute atomic E-state index is 16.3. The van der Waals surface area contributed by atoms with Crippen LogP contribution < -0.4 is 78.8 Å². The van der Waals surface area contributed by atoms with Crippen LogP contribution in [0.25, 0.3) is 11.1 Å². The van der Waals surface area contributed by atoms with E-state index in [1.807, 2.05) is 13.8 Å². The minimum absolute atomic E-state index is 0.0544. The molecule has 5 aromatic rings. The quantitative estimate of drug-likeness (QED) is 0.0306. The van der Waals surface area contributed by atoms with Gasteiger partial charge >= 0.3 is 0 Å². The van der Waals surface area contributed by atoms with E-state index in [0.29, 0.717) is 13.1 Å². The van der Waals surface area contributed by atoms with E-state index < -0.39 is 215 Å². The van der Waals surface area contributed by atoms with Crippen LogP contribution in [0, 0.1) is 5.92 Å². The van der Waals surface area contributed by atoms with Gasteiger partial charge in [-0.2, -0.15) is 0 Å². The number of aromatic hydroxyl groups is 3. The summed E-state index contributed by atoms with van der Waals surface area (Å²) in [5.41, 5.74) is 8.72. The number of ether oxygens (including phenoxy) is 7. The van der Waals surface area contributed by atoms with Gasteiger partial charge in [-0.3, -0.25) is 38.4 Å². The summed E-state index contributed by atoms with van der Waals surface area (Å²) in [5, 5.41) is 123. The number of benzene rings is 5. The molecule has 5 aromatic carbocycles. The van der Waals surface area contributed by atoms with Crippen molar-refractivity contribution in [2.45, 2.75) is 214 Å². The lowest BCUT2D eigenvalue weighted by molar-refractivity contribution is -0.331. The zero-order valence-corrected chi connectivity index (χ0v) is 68.0. The SMILES string of the molecule is CCCCCCCCCCNCCN[C@@]1(C)C[C@H](O[C@H]2[C@H](Oc3c4cc5cc3Oc3ccc(cc3Cl)[C@@H](O)[C@@H](NC(=O)[C@@H](CC(C)C)NC)C(=O)N[C@@H](CC(N)=O)C(=O)N[C@H]5C(=O)N[C@H]3C(=O)N[C@H](C(=O)N[C@H](C(=O)NCCOC)c5cc(O)cc(O)c5-c5cc3ccc5O)[C@H](O)c3ccc(c(Cl)c3)O4)O[C@H](CN)[C@@H](O)[C@@H]2O)O[C@@H](C)[C@H]1O. The Morgan fingerprint density at radius 1 is 0.678 bits per heavy atom. The van der Waals surface area contributed by atoms with Crippen LogP contribution in [0.1, 0.15) is 163 Å². The highest BCUT2D eigenvalue weighted by Gasteiger charge is 2.52. The predicted octanol–water partition coefficient (Wildman–Crippen LogP) is 3.11. The van der Waals surface area contributed by atoms with Crippen LogP contribution in [-0.2, 0) is 57.3 Å². The molecule has 8 amide bonds. The number of likely N-dealkylation sites (N-methyl/N-ethyl adjacent to an activating group) is 1. The number of halogens is 2. The molecule has 644 valence electrons. The zero-order chi connectivity index (χ0) is 85.6. The summed E-state index contributed by atoms with van der Waals surface area (Å²) in [4.78, 5) is 120. The molecule has 37 heteroatoms. The summed E-state index contributed by atoms with van der Waals surface area (Å²) in [7, 11) is 2.84. The molecule has 2 fully saturated rings. The monoisotopic (exact) mass is 1690 g/mol. The summed E-state index contributed by atoms with van der Waals surface area (Å²) in [6.45, 7) is 10.3. The molecule has 2 saturated heterocycles. The van der Waals surface area contributed by atoms with E-state index in [-0.39, 0.29) is 81.3 Å². The highest BCUT2D eigenvalue weighted by molar-refractivity contribution is 6.32. The lowest BCUT2D eigenvalue weighted by Crippen LogP contribution is -2.66. The van der Waals surface area contributed by atoms with Crippen molar-refractivity contribution < 1.29 is 112 Å². The fraction of sp³-hybridized carbons (Fsp3) is 0.531. The third-order valence-corrected chi connectivity index (χ3v) is 22.0. The molecule has 7 aliphatic heterocycles. The largest absolute Gasteiger partial charge is 0.508 e. The van der Waals surface area contributed by atoms with Crippen molar-refractivity contribution >= 4 is 70.5 Å². The van der Waals surface area contributed by atoms with Crippen molar-refractivity contribution in [2.75, 3.05) is 53.5 Å². The van der Waals surface area contributed by atoms with E-state index in [9.17, 15) is 55.2 Å². The van der Waals surface area contributed by atoms with Crippen molar-refractivity contribution in [2.24, 2.45) is 17.4 Å². The van der Waals surface area contributed by atoms with Gasteiger partial charge in [-0.25, -0.2) is 0 Å². The normalized spacial score (nSPS) is 26.9. The lowest BCUT2D eigenvalue weighted by Gasteiger charge is -2.48. The van der Waals surface area contributed by atoms with Gasteiger partial charge in [0.25, 0.3) is 0 Å². The molecule has 12 rings (SSSR count). The first kappa shape index (κ1) is 91.0. The van der Waals surface area contributed by atoms with E-state index in [0.717, 1.165) is 74.3 Å². The van der Waals surface area contributed by atoms with Gasteiger partial charge in [-0.15, -0.1) is 0 Å². The smallest absolute Gasteiger partial charge is 0.248 e. The Kier molecular flexibility index (Phi) is 31.7. The van der Waals surface area contributed by atoms with E-state index in [1.165, 1.54) is 76.6 Å². The van der Waals surface area contributed by atoms with E-state index in [2.05, 4.69) is 60.1 Å². The Balaban J connectivity index is 1.16. The van der Waals surface area contributed by atoms with Crippen LogP contribution in [0.4, 0.5) is 0 Å². The number of aliphatic hydroxyl groups excluding tert-OH is 5. The molecule has 0 aromatic heterocycles. The number of nitrogens with two attached hydrogens (primary N) is 2. The molecule has 35 nitrogen and oxygen atoms in total. The standard InChI is InChI=1S/C81H108Cl2N12O23/c1-8-9-10-11-12-13-14-15-22-87-23-24-89-81(5)36-59(113-39(4)72(81)104)117-71-69(103)68(102)57(37-84)116-80(71)118-70-55-31-43-32-56(70)115-54-21-18-42(30-48(54)83)67(101)65-79(111)93-63(75(107)88-25-26-112-7)46-33-44(96)34-52(98)60(46)45-28-40(16-19-51(45)97)61(76(108)95-65)92-77(109)62(43)91-74(106)50(35-58(85)99)90-78(110)64(94-73(105)49(86-6)27-38(2)3)66(100)41-17-20-53(114-55)47(82)29-41/h16-21,28-34,38-39,49-50,57,59,61-69,71-72,80,86-87,89,96-98,100-104H,8-15,22-27,35-37,84H2,1-7H3,(H2,85,99)(H,88,107)(H,90,110)(H,91,106)(H,92,109)(H,93,111)(H,94,105)(H,95,108)/t39-,49+,50-,57+,59-,61+,62+,63-,64+,65-,66+,67+,68+,69-,71+,72+,80-,81-/m0/s1. The number of unbranched alkanes of at least 4 members (excludes halogenated alkanes) is 7. The topological polar surface area (TPSA) is 535 Å². The Bertz CT molecular complexity index is 4420. The number of primary amides is 1. The number of aliphatic hydroxyl groups is 5. The molecule has 11 bridgehead atoms. The zero-order valence-electron chi connectivity index (χ0n) is 66.5. The molecule has 0 unspecified atom stereocenters. The summed E-state index contributed by atoms with van der Waals surface area (Å²) in [6.07, 6.45) is -8.17. The molecule has 0 radical (unpaired) electrons. The molecular formula is C81H108Cl2N12O23. The minimum Gasteiger partial charge on any atom is -0.508 e. The van der Waals surface area contributed by atoms with E-state index in [4.69, 9.17) is 67.8 Å². The number of rotatable bonds is 29. The van der Waals surface area contributed by atoms with Gasteiger partial charge in [0.05, 0.1) is 41.3 Å². The molecular weight excluding hydrogens is 1580 g/mol. The van der Waals surface area contributed by atoms with Crippen molar-refractivity contribution in [1.82, 2.24) is 53.2 Å². The molecule has 0 saturated carbocycles. The first-order valence-electron chi connectivity index (χ1n) is 39.5. The second kappa shape index (κ2) is 41.1. The highest BCUT2D eigenvalue weighted by atomic mass is 35.5. The molecule has 18 atom stereocenters. The number of phenolic OH excluding ortho intramolecular Hbond substituents is 3. The molecule has 7 heterocycles. The first-order valence-corrected chi connectivity index (χ1v) is 40.3. The van der Waals surface area contributed by atoms with Crippen LogP contribution in [0.2, 0.25) is 10.0 Å².